The second-order valence-electron chi connectivity index (χ2n) is 8.14. The van der Waals surface area contributed by atoms with Crippen LogP contribution in [0.1, 0.15) is 34.0 Å². The van der Waals surface area contributed by atoms with Gasteiger partial charge in [-0.15, -0.1) is 0 Å². The van der Waals surface area contributed by atoms with E-state index in [4.69, 9.17) is 9.94 Å². The fraction of sp³-hybridized carbons (Fsp3) is 0.308. The Hall–Kier alpha value is -2.75. The van der Waals surface area contributed by atoms with Crippen molar-refractivity contribution in [3.05, 3.63) is 76.9 Å². The zero-order chi connectivity index (χ0) is 25.0. The maximum atomic E-state index is 12.5. The minimum absolute atomic E-state index is 0.381. The fourth-order valence-corrected chi connectivity index (χ4v) is 3.85. The smallest absolute Gasteiger partial charge is 0.267 e. The number of nitrogens with one attached hydrogen (secondary N) is 3. The lowest BCUT2D eigenvalue weighted by Gasteiger charge is -2.26. The maximum Gasteiger partial charge on any atom is 0.267 e. The highest BCUT2D eigenvalue weighted by Crippen LogP contribution is 2.10. The molecule has 0 aliphatic carbocycles. The van der Waals surface area contributed by atoms with E-state index >= 15 is 0 Å². The lowest BCUT2D eigenvalue weighted by atomic mass is 10.1. The van der Waals surface area contributed by atoms with Gasteiger partial charge in [-0.3, -0.25) is 23.2 Å². The van der Waals surface area contributed by atoms with Crippen LogP contribution >= 0.6 is 22.9 Å². The van der Waals surface area contributed by atoms with Crippen molar-refractivity contribution in [2.75, 3.05) is 26.3 Å². The van der Waals surface area contributed by atoms with Gasteiger partial charge < -0.3 is 10.1 Å². The van der Waals surface area contributed by atoms with Gasteiger partial charge in [0.15, 0.2) is 0 Å². The van der Waals surface area contributed by atoms with Crippen molar-refractivity contribution in [2.24, 2.45) is 0 Å². The van der Waals surface area contributed by atoms with Crippen LogP contribution in [0.15, 0.2) is 54.6 Å². The number of hydrogen-bond acceptors (Lipinski definition) is 6. The maximum absolute atomic E-state index is 12.5. The Morgan fingerprint density at radius 2 is 1.83 bits per heavy atom. The van der Waals surface area contributed by atoms with Gasteiger partial charge in [0, 0.05) is 59.7 Å². The third kappa shape index (κ3) is 8.45. The number of rotatable bonds is 8. The van der Waals surface area contributed by atoms with Crippen LogP contribution < -0.4 is 14.3 Å². The molecule has 3 rings (SSSR count). The normalized spacial score (nSPS) is 15.6. The summed E-state index contributed by atoms with van der Waals surface area (Å²) < 4.78 is 8.25. The number of ether oxygens (including phenoxy) is 1. The van der Waals surface area contributed by atoms with Gasteiger partial charge >= 0.3 is 0 Å². The van der Waals surface area contributed by atoms with Gasteiger partial charge in [-0.1, -0.05) is 36.1 Å². The van der Waals surface area contributed by atoms with E-state index in [-0.39, 0.29) is 6.04 Å². The van der Waals surface area contributed by atoms with Crippen LogP contribution in [-0.2, 0) is 16.1 Å². The molecule has 2 aromatic carbocycles. The minimum Gasteiger partial charge on any atom is -0.379 e. The van der Waals surface area contributed by atoms with Crippen LogP contribution in [0, 0.1) is 11.8 Å². The molecule has 1 aliphatic heterocycles. The van der Waals surface area contributed by atoms with Crippen molar-refractivity contribution in [1.29, 1.82) is 0 Å². The molecule has 0 radical (unpaired) electrons. The van der Waals surface area contributed by atoms with E-state index in [1.807, 2.05) is 41.1 Å². The summed E-state index contributed by atoms with van der Waals surface area (Å²) in [7, 11) is 0. The average Bonchev–Trinajstić information content (AvgIpc) is 2.90. The molecule has 0 bridgehead atoms. The Kier molecular flexibility index (Phi) is 10.7. The molecule has 184 valence electrons. The number of amides is 2. The Bertz CT molecular complexity index is 1070. The molecule has 4 N–H and O–H groups in total. The number of hydrogen-bond donors (Lipinski definition) is 4. The summed E-state index contributed by atoms with van der Waals surface area (Å²) in [4.78, 5) is 26.7. The van der Waals surface area contributed by atoms with Crippen molar-refractivity contribution in [3.8, 4) is 11.8 Å². The number of hydroxylamine groups is 1. The van der Waals surface area contributed by atoms with Crippen molar-refractivity contribution in [1.82, 2.24) is 19.2 Å². The summed E-state index contributed by atoms with van der Waals surface area (Å²) in [6.07, 6.45) is 3.64. The molecule has 2 amide bonds. The van der Waals surface area contributed by atoms with E-state index < -0.39 is 17.9 Å². The standard InChI is InChI=1S/C26H29IN4O4/c1-19(29-27)24(26(33)30-34)28-25(32)23-12-10-21(11-13-23)5-3-2-4-20-6-8-22(9-7-20)18-31-14-16-35-17-15-31/h3,5-13,19,24,29,34H,14-18H2,1H3,(H,28,32)(H,30,33)/b5-3+/t19-,24+/m1/s1. The van der Waals surface area contributed by atoms with Gasteiger partial charge in [-0.2, -0.15) is 0 Å². The van der Waals surface area contributed by atoms with E-state index in [1.165, 1.54) is 5.56 Å². The highest BCUT2D eigenvalue weighted by atomic mass is 127. The predicted molar refractivity (Wildman–Crippen MR) is 143 cm³/mol. The van der Waals surface area contributed by atoms with Crippen LogP contribution in [0.4, 0.5) is 0 Å². The number of carbonyl (C=O) groups excluding carboxylic acids is 2. The highest BCUT2D eigenvalue weighted by Gasteiger charge is 2.26. The number of benzene rings is 2. The first-order valence-corrected chi connectivity index (χ1v) is 12.4. The molecule has 1 fully saturated rings. The molecule has 1 heterocycles. The molecular weight excluding hydrogens is 559 g/mol. The predicted octanol–water partition coefficient (Wildman–Crippen LogP) is 2.52. The van der Waals surface area contributed by atoms with Gasteiger partial charge in [0.05, 0.1) is 13.2 Å². The molecule has 1 saturated heterocycles. The molecule has 0 spiro atoms. The monoisotopic (exact) mass is 588 g/mol. The number of carbonyl (C=O) groups is 2. The van der Waals surface area contributed by atoms with E-state index in [9.17, 15) is 9.59 Å². The highest BCUT2D eigenvalue weighted by molar-refractivity contribution is 14.1. The number of morpholine rings is 1. The minimum atomic E-state index is -0.923. The van der Waals surface area contributed by atoms with E-state index in [0.29, 0.717) is 5.56 Å². The topological polar surface area (TPSA) is 103 Å². The Labute approximate surface area is 219 Å². The molecule has 0 saturated carbocycles. The number of halogens is 1. The van der Waals surface area contributed by atoms with Gasteiger partial charge in [0.25, 0.3) is 11.8 Å². The average molecular weight is 588 g/mol. The second-order valence-corrected chi connectivity index (χ2v) is 8.76. The lowest BCUT2D eigenvalue weighted by molar-refractivity contribution is -0.131. The Balaban J connectivity index is 1.53. The van der Waals surface area contributed by atoms with E-state index in [0.717, 1.165) is 44.0 Å². The molecule has 8 nitrogen and oxygen atoms in total. The quantitative estimate of drug-likeness (QED) is 0.124. The molecule has 0 unspecified atom stereocenters. The number of allylic oxidation sites excluding steroid dienone is 1. The SMILES string of the molecule is C[C@@H](NI)[C@H](NC(=O)c1ccc(/C=C/C#Cc2ccc(CN3CCOCC3)cc2)cc1)C(=O)NO. The zero-order valence-electron chi connectivity index (χ0n) is 19.5. The van der Waals surface area contributed by atoms with Crippen molar-refractivity contribution >= 4 is 40.8 Å². The first kappa shape index (κ1) is 26.8. The van der Waals surface area contributed by atoms with Crippen LogP contribution in [-0.4, -0.2) is 60.3 Å². The first-order valence-electron chi connectivity index (χ1n) is 11.3. The summed E-state index contributed by atoms with van der Waals surface area (Å²) in [5, 5.41) is 11.5. The van der Waals surface area contributed by atoms with E-state index in [2.05, 4.69) is 37.7 Å². The first-order chi connectivity index (χ1) is 17.0. The van der Waals surface area contributed by atoms with E-state index in [1.54, 1.807) is 42.7 Å². The summed E-state index contributed by atoms with van der Waals surface area (Å²) in [6, 6.07) is 13.9. The Morgan fingerprint density at radius 3 is 2.46 bits per heavy atom. The third-order valence-electron chi connectivity index (χ3n) is 5.56. The molecular formula is C26H29IN4O4. The van der Waals surface area contributed by atoms with Gasteiger partial charge in [-0.05, 0) is 54.5 Å². The van der Waals surface area contributed by atoms with Gasteiger partial charge in [-0.25, -0.2) is 5.48 Å². The fourth-order valence-electron chi connectivity index (χ4n) is 3.49. The van der Waals surface area contributed by atoms with Crippen molar-refractivity contribution in [2.45, 2.75) is 25.6 Å². The summed E-state index contributed by atoms with van der Waals surface area (Å²) in [6.45, 7) is 6.18. The Morgan fingerprint density at radius 1 is 1.14 bits per heavy atom. The molecule has 9 heteroatoms. The van der Waals surface area contributed by atoms with Crippen LogP contribution in [0.3, 0.4) is 0 Å². The molecule has 0 aromatic heterocycles. The van der Waals surface area contributed by atoms with Crippen LogP contribution in [0.2, 0.25) is 0 Å². The zero-order valence-corrected chi connectivity index (χ0v) is 21.6. The molecule has 2 atom stereocenters. The molecule has 2 aromatic rings. The van der Waals surface area contributed by atoms with Gasteiger partial charge in [0.2, 0.25) is 0 Å². The molecule has 1 aliphatic rings. The number of nitrogens with zero attached hydrogens (tertiary/aromatic N) is 1. The lowest BCUT2D eigenvalue weighted by Crippen LogP contribution is -2.54. The summed E-state index contributed by atoms with van der Waals surface area (Å²) in [5.74, 6) is 5.06. The summed E-state index contributed by atoms with van der Waals surface area (Å²) in [5.41, 5.74) is 5.09. The second kappa shape index (κ2) is 14.0. The largest absolute Gasteiger partial charge is 0.379 e. The molecule has 35 heavy (non-hydrogen) atoms. The van der Waals surface area contributed by atoms with Crippen molar-refractivity contribution < 1.29 is 19.5 Å². The van der Waals surface area contributed by atoms with Crippen LogP contribution in [0.25, 0.3) is 6.08 Å². The van der Waals surface area contributed by atoms with Crippen LogP contribution in [0.5, 0.6) is 0 Å². The van der Waals surface area contributed by atoms with Gasteiger partial charge in [0.1, 0.15) is 6.04 Å². The summed E-state index contributed by atoms with van der Waals surface area (Å²) >= 11 is 1.89. The van der Waals surface area contributed by atoms with Crippen molar-refractivity contribution in [3.63, 3.8) is 0 Å². The third-order valence-corrected chi connectivity index (χ3v) is 6.55.